The van der Waals surface area contributed by atoms with E-state index >= 15 is 0 Å². The number of fused-ring (bicyclic) bond motifs is 1. The first kappa shape index (κ1) is 14.0. The molecule has 0 aliphatic carbocycles. The zero-order valence-electron chi connectivity index (χ0n) is 11.4. The van der Waals surface area contributed by atoms with E-state index in [4.69, 9.17) is 4.74 Å². The Hall–Kier alpha value is -2.96. The zero-order valence-corrected chi connectivity index (χ0v) is 11.4. The maximum atomic E-state index is 13.5. The summed E-state index contributed by atoms with van der Waals surface area (Å²) in [5.74, 6) is -1.07. The Morgan fingerprint density at radius 3 is 2.45 bits per heavy atom. The highest BCUT2D eigenvalue weighted by atomic mass is 19.1. The van der Waals surface area contributed by atoms with Gasteiger partial charge in [-0.3, -0.25) is 14.3 Å². The highest BCUT2D eigenvalue weighted by Crippen LogP contribution is 2.25. The molecule has 0 unspecified atom stereocenters. The molecular weight excluding hydrogens is 294 g/mol. The van der Waals surface area contributed by atoms with Crippen LogP contribution in [0.25, 0.3) is 16.6 Å². The number of benzene rings is 2. The van der Waals surface area contributed by atoms with Gasteiger partial charge in [-0.2, -0.15) is 0 Å². The van der Waals surface area contributed by atoms with Crippen molar-refractivity contribution < 1.29 is 13.5 Å². The number of hydrogen-bond acceptors (Lipinski definition) is 3. The fourth-order valence-electron chi connectivity index (χ4n) is 2.29. The third kappa shape index (κ3) is 2.16. The molecule has 0 saturated carbocycles. The first-order valence-corrected chi connectivity index (χ1v) is 6.30. The average molecular weight is 304 g/mol. The van der Waals surface area contributed by atoms with Gasteiger partial charge in [0.1, 0.15) is 17.4 Å². The number of rotatable bonds is 2. The maximum Gasteiger partial charge on any atom is 0.333 e. The molecule has 0 spiro atoms. The summed E-state index contributed by atoms with van der Waals surface area (Å²) in [6.07, 6.45) is 0. The predicted molar refractivity (Wildman–Crippen MR) is 76.6 cm³/mol. The van der Waals surface area contributed by atoms with Crippen LogP contribution in [0.2, 0.25) is 0 Å². The molecule has 112 valence electrons. The maximum absolute atomic E-state index is 13.5. The molecule has 0 atom stereocenters. The molecule has 2 aromatic carbocycles. The summed E-state index contributed by atoms with van der Waals surface area (Å²) in [5, 5.41) is 0.132. The van der Waals surface area contributed by atoms with Gasteiger partial charge in [0.05, 0.1) is 23.7 Å². The topological polar surface area (TPSA) is 64.1 Å². The first-order chi connectivity index (χ1) is 10.5. The molecule has 0 radical (unpaired) electrons. The van der Waals surface area contributed by atoms with Crippen LogP contribution >= 0.6 is 0 Å². The van der Waals surface area contributed by atoms with Crippen LogP contribution in [0.1, 0.15) is 0 Å². The minimum absolute atomic E-state index is 0.0682. The molecule has 3 rings (SSSR count). The van der Waals surface area contributed by atoms with Gasteiger partial charge in [-0.1, -0.05) is 0 Å². The van der Waals surface area contributed by atoms with Gasteiger partial charge in [-0.05, 0) is 30.3 Å². The molecule has 0 amide bonds. The minimum atomic E-state index is -0.770. The molecule has 0 saturated heterocycles. The van der Waals surface area contributed by atoms with E-state index in [1.165, 1.54) is 19.2 Å². The summed E-state index contributed by atoms with van der Waals surface area (Å²) in [7, 11) is 1.32. The van der Waals surface area contributed by atoms with Crippen molar-refractivity contribution in [1.82, 2.24) is 9.55 Å². The van der Waals surface area contributed by atoms with Gasteiger partial charge in [0.25, 0.3) is 5.56 Å². The molecule has 7 heteroatoms. The summed E-state index contributed by atoms with van der Waals surface area (Å²) in [6.45, 7) is 0. The number of H-pyrrole nitrogens is 1. The summed E-state index contributed by atoms with van der Waals surface area (Å²) in [5.41, 5.74) is -1.13. The minimum Gasteiger partial charge on any atom is -0.494 e. The van der Waals surface area contributed by atoms with Gasteiger partial charge in [0.2, 0.25) is 0 Å². The summed E-state index contributed by atoms with van der Waals surface area (Å²) < 4.78 is 33.0. The molecule has 1 heterocycles. The van der Waals surface area contributed by atoms with Crippen LogP contribution in [0.3, 0.4) is 0 Å². The van der Waals surface area contributed by atoms with Crippen LogP contribution in [0, 0.1) is 11.6 Å². The average Bonchev–Trinajstić information content (AvgIpc) is 2.48. The van der Waals surface area contributed by atoms with E-state index in [0.717, 1.165) is 28.8 Å². The van der Waals surface area contributed by atoms with E-state index in [1.54, 1.807) is 0 Å². The lowest BCUT2D eigenvalue weighted by molar-refractivity contribution is 0.409. The van der Waals surface area contributed by atoms with Crippen molar-refractivity contribution in [3.8, 4) is 11.4 Å². The van der Waals surface area contributed by atoms with E-state index in [-0.39, 0.29) is 22.3 Å². The molecule has 0 fully saturated rings. The van der Waals surface area contributed by atoms with Crippen LogP contribution in [0.4, 0.5) is 8.78 Å². The number of nitrogens with zero attached hydrogens (tertiary/aromatic N) is 1. The Labute approximate surface area is 122 Å². The molecule has 1 N–H and O–H groups in total. The van der Waals surface area contributed by atoms with Crippen molar-refractivity contribution in [3.63, 3.8) is 0 Å². The van der Waals surface area contributed by atoms with Gasteiger partial charge in [-0.15, -0.1) is 0 Å². The third-order valence-electron chi connectivity index (χ3n) is 3.25. The first-order valence-electron chi connectivity index (χ1n) is 6.30. The Bertz CT molecular complexity index is 992. The molecular formula is C15H10F2N2O3. The van der Waals surface area contributed by atoms with E-state index in [1.807, 2.05) is 0 Å². The third-order valence-corrected chi connectivity index (χ3v) is 3.25. The van der Waals surface area contributed by atoms with Crippen LogP contribution in [0.5, 0.6) is 5.75 Å². The number of nitrogens with one attached hydrogen (secondary N) is 1. The lowest BCUT2D eigenvalue weighted by atomic mass is 10.2. The van der Waals surface area contributed by atoms with Gasteiger partial charge in [0.15, 0.2) is 0 Å². The molecule has 3 aromatic rings. The number of aromatic nitrogens is 2. The van der Waals surface area contributed by atoms with Crippen molar-refractivity contribution in [1.29, 1.82) is 0 Å². The van der Waals surface area contributed by atoms with Gasteiger partial charge in [-0.25, -0.2) is 13.6 Å². The highest BCUT2D eigenvalue weighted by Gasteiger charge is 2.14. The second kappa shape index (κ2) is 5.10. The van der Waals surface area contributed by atoms with Crippen molar-refractivity contribution in [2.75, 3.05) is 7.11 Å². The largest absolute Gasteiger partial charge is 0.494 e. The second-order valence-electron chi connectivity index (χ2n) is 4.57. The lowest BCUT2D eigenvalue weighted by Gasteiger charge is -2.13. The number of aromatic amines is 1. The van der Waals surface area contributed by atoms with E-state index in [2.05, 4.69) is 4.98 Å². The Balaban J connectivity index is 2.48. The van der Waals surface area contributed by atoms with Gasteiger partial charge >= 0.3 is 5.69 Å². The number of halogens is 2. The van der Waals surface area contributed by atoms with Crippen LogP contribution in [-0.2, 0) is 0 Å². The SMILES string of the molecule is COc1cc(F)ccc1-n1c(=O)[nH]c(=O)c2ccc(F)cc21. The lowest BCUT2D eigenvalue weighted by Crippen LogP contribution is -2.29. The summed E-state index contributed by atoms with van der Waals surface area (Å²) in [6, 6.07) is 7.01. The van der Waals surface area contributed by atoms with Crippen molar-refractivity contribution in [2.45, 2.75) is 0 Å². The highest BCUT2D eigenvalue weighted by molar-refractivity contribution is 5.80. The Morgan fingerprint density at radius 2 is 1.73 bits per heavy atom. The summed E-state index contributed by atoms with van der Waals surface area (Å²) in [4.78, 5) is 26.1. The van der Waals surface area contributed by atoms with Crippen LogP contribution in [-0.4, -0.2) is 16.7 Å². The normalized spacial score (nSPS) is 10.9. The van der Waals surface area contributed by atoms with Crippen LogP contribution < -0.4 is 16.0 Å². The quantitative estimate of drug-likeness (QED) is 0.787. The Kier molecular flexibility index (Phi) is 3.25. The van der Waals surface area contributed by atoms with Crippen molar-refractivity contribution in [3.05, 3.63) is 68.9 Å². The van der Waals surface area contributed by atoms with Gasteiger partial charge < -0.3 is 4.74 Å². The molecule has 22 heavy (non-hydrogen) atoms. The number of ether oxygens (including phenoxy) is 1. The fraction of sp³-hybridized carbons (Fsp3) is 0.0667. The number of methoxy groups -OCH3 is 1. The Morgan fingerprint density at radius 1 is 1.05 bits per heavy atom. The fourth-order valence-corrected chi connectivity index (χ4v) is 2.29. The standard InChI is InChI=1S/C15H10F2N2O3/c1-22-13-7-9(17)3-5-11(13)19-12-6-8(16)2-4-10(12)14(20)18-15(19)21/h2-7H,1H3,(H,18,20,21). The van der Waals surface area contributed by atoms with E-state index < -0.39 is 22.9 Å². The van der Waals surface area contributed by atoms with Gasteiger partial charge in [0, 0.05) is 6.07 Å². The molecule has 0 aliphatic heterocycles. The second-order valence-corrected chi connectivity index (χ2v) is 4.57. The molecule has 0 aliphatic rings. The van der Waals surface area contributed by atoms with Crippen molar-refractivity contribution >= 4 is 10.9 Å². The van der Waals surface area contributed by atoms with E-state index in [0.29, 0.717) is 0 Å². The molecule has 0 bridgehead atoms. The summed E-state index contributed by atoms with van der Waals surface area (Å²) >= 11 is 0. The monoisotopic (exact) mass is 304 g/mol. The molecule has 5 nitrogen and oxygen atoms in total. The molecule has 1 aromatic heterocycles. The van der Waals surface area contributed by atoms with E-state index in [9.17, 15) is 18.4 Å². The van der Waals surface area contributed by atoms with Crippen LogP contribution in [0.15, 0.2) is 46.0 Å². The predicted octanol–water partition coefficient (Wildman–Crippen LogP) is 1.97. The zero-order chi connectivity index (χ0) is 15.9. The number of hydrogen-bond donors (Lipinski definition) is 1. The smallest absolute Gasteiger partial charge is 0.333 e. The van der Waals surface area contributed by atoms with Crippen molar-refractivity contribution in [2.24, 2.45) is 0 Å².